The minimum absolute atomic E-state index is 0.726. The van der Waals surface area contributed by atoms with Crippen LogP contribution in [0.1, 0.15) is 0 Å². The molecule has 0 atom stereocenters. The molecule has 1 aliphatic heterocycles. The number of aromatic nitrogens is 1. The molecule has 2 aromatic rings. The standard InChI is InChI=1S/C13H16N2O2S/c1-2-12(9-13-11(1)10-14-18-13)17-8-5-15-3-6-16-7-4-15/h1-2,9-10H,3-8H2. The van der Waals surface area contributed by atoms with Crippen LogP contribution < -0.4 is 4.74 Å². The van der Waals surface area contributed by atoms with Gasteiger partial charge in [-0.25, -0.2) is 0 Å². The van der Waals surface area contributed by atoms with Gasteiger partial charge in [-0.1, -0.05) is 0 Å². The fraction of sp³-hybridized carbons (Fsp3) is 0.462. The summed E-state index contributed by atoms with van der Waals surface area (Å²) in [6.45, 7) is 5.39. The molecule has 0 aliphatic carbocycles. The van der Waals surface area contributed by atoms with E-state index in [-0.39, 0.29) is 0 Å². The van der Waals surface area contributed by atoms with Crippen molar-refractivity contribution in [3.8, 4) is 5.75 Å². The maximum Gasteiger partial charge on any atom is 0.120 e. The highest BCUT2D eigenvalue weighted by molar-refractivity contribution is 7.13. The molecule has 0 radical (unpaired) electrons. The normalized spacial score (nSPS) is 17.1. The minimum atomic E-state index is 0.726. The number of benzene rings is 1. The summed E-state index contributed by atoms with van der Waals surface area (Å²) in [7, 11) is 0. The highest BCUT2D eigenvalue weighted by atomic mass is 32.1. The van der Waals surface area contributed by atoms with E-state index in [1.807, 2.05) is 12.3 Å². The van der Waals surface area contributed by atoms with Crippen LogP contribution in [0.5, 0.6) is 5.75 Å². The third kappa shape index (κ3) is 2.80. The van der Waals surface area contributed by atoms with Crippen molar-refractivity contribution in [3.63, 3.8) is 0 Å². The van der Waals surface area contributed by atoms with Gasteiger partial charge in [0.1, 0.15) is 12.4 Å². The zero-order valence-corrected chi connectivity index (χ0v) is 11.0. The van der Waals surface area contributed by atoms with Gasteiger partial charge in [0.2, 0.25) is 0 Å². The molecule has 4 nitrogen and oxygen atoms in total. The van der Waals surface area contributed by atoms with Gasteiger partial charge in [-0.2, -0.15) is 4.37 Å². The summed E-state index contributed by atoms with van der Waals surface area (Å²) in [5.41, 5.74) is 0. The van der Waals surface area contributed by atoms with Crippen LogP contribution in [0.4, 0.5) is 0 Å². The van der Waals surface area contributed by atoms with Crippen LogP contribution in [-0.2, 0) is 4.74 Å². The van der Waals surface area contributed by atoms with Gasteiger partial charge in [-0.15, -0.1) is 0 Å². The van der Waals surface area contributed by atoms with Crippen molar-refractivity contribution >= 4 is 21.6 Å². The Hall–Kier alpha value is -1.17. The van der Waals surface area contributed by atoms with Crippen LogP contribution in [0.2, 0.25) is 0 Å². The van der Waals surface area contributed by atoms with Crippen molar-refractivity contribution in [1.82, 2.24) is 9.27 Å². The highest BCUT2D eigenvalue weighted by Crippen LogP contribution is 2.23. The summed E-state index contributed by atoms with van der Waals surface area (Å²) in [6.07, 6.45) is 1.89. The Kier molecular flexibility index (Phi) is 3.73. The van der Waals surface area contributed by atoms with E-state index in [9.17, 15) is 0 Å². The Labute approximate surface area is 110 Å². The third-order valence-corrected chi connectivity index (χ3v) is 3.87. The molecule has 0 spiro atoms. The Morgan fingerprint density at radius 1 is 1.33 bits per heavy atom. The van der Waals surface area contributed by atoms with Crippen molar-refractivity contribution in [1.29, 1.82) is 0 Å². The molecule has 0 N–H and O–H groups in total. The van der Waals surface area contributed by atoms with Gasteiger partial charge in [-0.05, 0) is 29.7 Å². The molecule has 2 heterocycles. The molecular formula is C13H16N2O2S. The van der Waals surface area contributed by atoms with Gasteiger partial charge in [0.25, 0.3) is 0 Å². The number of nitrogens with zero attached hydrogens (tertiary/aromatic N) is 2. The second-order valence-corrected chi connectivity index (χ2v) is 5.16. The molecule has 1 saturated heterocycles. The first kappa shape index (κ1) is 11.9. The average Bonchev–Trinajstić information content (AvgIpc) is 2.87. The number of morpholine rings is 1. The maximum atomic E-state index is 5.78. The van der Waals surface area contributed by atoms with Crippen LogP contribution >= 0.6 is 11.5 Å². The van der Waals surface area contributed by atoms with Crippen LogP contribution in [-0.4, -0.2) is 48.7 Å². The van der Waals surface area contributed by atoms with Crippen molar-refractivity contribution < 1.29 is 9.47 Å². The molecule has 0 unspecified atom stereocenters. The van der Waals surface area contributed by atoms with E-state index in [1.165, 1.54) is 21.6 Å². The van der Waals surface area contributed by atoms with Crippen LogP contribution in [0.3, 0.4) is 0 Å². The molecule has 1 aromatic carbocycles. The van der Waals surface area contributed by atoms with Crippen molar-refractivity contribution in [2.24, 2.45) is 0 Å². The summed E-state index contributed by atoms with van der Waals surface area (Å²) in [6, 6.07) is 6.13. The molecule has 1 fully saturated rings. The minimum Gasteiger partial charge on any atom is -0.492 e. The Morgan fingerprint density at radius 2 is 2.22 bits per heavy atom. The molecule has 3 rings (SSSR count). The first-order valence-electron chi connectivity index (χ1n) is 6.19. The summed E-state index contributed by atoms with van der Waals surface area (Å²) in [5, 5.41) is 1.18. The largest absolute Gasteiger partial charge is 0.492 e. The van der Waals surface area contributed by atoms with E-state index in [0.29, 0.717) is 0 Å². The smallest absolute Gasteiger partial charge is 0.120 e. The number of fused-ring (bicyclic) bond motifs is 1. The zero-order chi connectivity index (χ0) is 12.2. The predicted molar refractivity (Wildman–Crippen MR) is 72.4 cm³/mol. The van der Waals surface area contributed by atoms with Gasteiger partial charge in [-0.3, -0.25) is 4.90 Å². The molecule has 0 amide bonds. The number of rotatable bonds is 4. The quantitative estimate of drug-likeness (QED) is 0.846. The van der Waals surface area contributed by atoms with E-state index in [4.69, 9.17) is 9.47 Å². The van der Waals surface area contributed by atoms with Crippen molar-refractivity contribution in [2.45, 2.75) is 0 Å². The van der Waals surface area contributed by atoms with Crippen LogP contribution in [0.15, 0.2) is 24.4 Å². The molecule has 18 heavy (non-hydrogen) atoms. The Morgan fingerprint density at radius 3 is 3.11 bits per heavy atom. The van der Waals surface area contributed by atoms with E-state index in [1.54, 1.807) is 0 Å². The number of hydrogen-bond acceptors (Lipinski definition) is 5. The average molecular weight is 264 g/mol. The molecular weight excluding hydrogens is 248 g/mol. The summed E-state index contributed by atoms with van der Waals surface area (Å²) in [4.78, 5) is 2.37. The SMILES string of the molecule is c1cc2cnsc2cc1OCCN1CCOCC1. The fourth-order valence-electron chi connectivity index (χ4n) is 2.05. The predicted octanol–water partition coefficient (Wildman–Crippen LogP) is 2.01. The zero-order valence-electron chi connectivity index (χ0n) is 10.2. The van der Waals surface area contributed by atoms with E-state index in [0.717, 1.165) is 45.2 Å². The second-order valence-electron chi connectivity index (χ2n) is 4.33. The van der Waals surface area contributed by atoms with Crippen molar-refractivity contribution in [3.05, 3.63) is 24.4 Å². The molecule has 5 heteroatoms. The van der Waals surface area contributed by atoms with Crippen LogP contribution in [0, 0.1) is 0 Å². The lowest BCUT2D eigenvalue weighted by Crippen LogP contribution is -2.38. The monoisotopic (exact) mass is 264 g/mol. The van der Waals surface area contributed by atoms with Gasteiger partial charge in [0.15, 0.2) is 0 Å². The Balaban J connectivity index is 1.52. The molecule has 1 aromatic heterocycles. The topological polar surface area (TPSA) is 34.6 Å². The van der Waals surface area contributed by atoms with Gasteiger partial charge in [0.05, 0.1) is 17.9 Å². The van der Waals surface area contributed by atoms with Gasteiger partial charge >= 0.3 is 0 Å². The third-order valence-electron chi connectivity index (χ3n) is 3.11. The summed E-state index contributed by atoms with van der Waals surface area (Å²) in [5.74, 6) is 0.931. The molecule has 0 saturated carbocycles. The summed E-state index contributed by atoms with van der Waals surface area (Å²) < 4.78 is 16.4. The lowest BCUT2D eigenvalue weighted by molar-refractivity contribution is 0.0322. The molecule has 1 aliphatic rings. The first-order chi connectivity index (χ1) is 8.92. The van der Waals surface area contributed by atoms with Crippen molar-refractivity contribution in [2.75, 3.05) is 39.5 Å². The number of ether oxygens (including phenoxy) is 2. The molecule has 96 valence electrons. The summed E-state index contributed by atoms with van der Waals surface area (Å²) >= 11 is 1.51. The van der Waals surface area contributed by atoms with Crippen LogP contribution in [0.25, 0.3) is 10.1 Å². The van der Waals surface area contributed by atoms with E-state index < -0.39 is 0 Å². The lowest BCUT2D eigenvalue weighted by Gasteiger charge is -2.26. The first-order valence-corrected chi connectivity index (χ1v) is 6.96. The Bertz CT molecular complexity index is 508. The highest BCUT2D eigenvalue weighted by Gasteiger charge is 2.09. The molecule has 0 bridgehead atoms. The lowest BCUT2D eigenvalue weighted by atomic mass is 10.3. The maximum absolute atomic E-state index is 5.78. The second kappa shape index (κ2) is 5.65. The van der Waals surface area contributed by atoms with E-state index >= 15 is 0 Å². The number of hydrogen-bond donors (Lipinski definition) is 0. The van der Waals surface area contributed by atoms with Gasteiger partial charge in [0, 0.05) is 31.2 Å². The fourth-order valence-corrected chi connectivity index (χ4v) is 2.72. The van der Waals surface area contributed by atoms with E-state index in [2.05, 4.69) is 21.4 Å². The van der Waals surface area contributed by atoms with Gasteiger partial charge < -0.3 is 9.47 Å².